The minimum Gasteiger partial charge on any atom is -0.444 e. The number of H-pyrrole nitrogens is 1. The van der Waals surface area contributed by atoms with Crippen molar-refractivity contribution in [3.05, 3.63) is 34.4 Å². The van der Waals surface area contributed by atoms with E-state index in [1.165, 1.54) is 5.06 Å². The number of nitrogens with zero attached hydrogens (tertiary/aromatic N) is 2. The molecule has 1 aliphatic heterocycles. The molecule has 0 spiro atoms. The Morgan fingerprint density at radius 2 is 2.12 bits per heavy atom. The second kappa shape index (κ2) is 6.38. The molecule has 1 fully saturated rings. The Kier molecular flexibility index (Phi) is 4.59. The molecule has 1 unspecified atom stereocenters. The topological polar surface area (TPSA) is 68.8 Å². The summed E-state index contributed by atoms with van der Waals surface area (Å²) >= 11 is 3.48. The van der Waals surface area contributed by atoms with Crippen molar-refractivity contribution < 1.29 is 14.7 Å². The number of benzene rings is 1. The summed E-state index contributed by atoms with van der Waals surface area (Å²) in [6, 6.07) is 5.67. The number of hydroxylamine groups is 2. The molecule has 130 valence electrons. The predicted molar refractivity (Wildman–Crippen MR) is 95.0 cm³/mol. The van der Waals surface area contributed by atoms with E-state index in [0.29, 0.717) is 19.6 Å². The molecule has 24 heavy (non-hydrogen) atoms. The van der Waals surface area contributed by atoms with Gasteiger partial charge in [-0.05, 0) is 44.5 Å². The SMILES string of the molecule is CC(C)(C)OC(=O)N1CCN(O)C(c2c[nH]c3ccc(Br)cc23)C1. The predicted octanol–water partition coefficient (Wildman–Crippen LogP) is 3.91. The van der Waals surface area contributed by atoms with Crippen LogP contribution in [0.5, 0.6) is 0 Å². The first-order chi connectivity index (χ1) is 11.2. The summed E-state index contributed by atoms with van der Waals surface area (Å²) in [7, 11) is 0. The van der Waals surface area contributed by atoms with Crippen molar-refractivity contribution in [2.24, 2.45) is 0 Å². The molecule has 2 heterocycles. The van der Waals surface area contributed by atoms with Crippen molar-refractivity contribution in [1.82, 2.24) is 14.9 Å². The number of halogens is 1. The van der Waals surface area contributed by atoms with E-state index in [1.807, 2.05) is 45.2 Å². The molecular weight excluding hydrogens is 374 g/mol. The lowest BCUT2D eigenvalue weighted by atomic mass is 10.0. The van der Waals surface area contributed by atoms with Gasteiger partial charge in [0.25, 0.3) is 0 Å². The van der Waals surface area contributed by atoms with Crippen LogP contribution < -0.4 is 0 Å². The molecular formula is C17H22BrN3O3. The Morgan fingerprint density at radius 3 is 2.83 bits per heavy atom. The normalized spacial score (nSPS) is 19.7. The van der Waals surface area contributed by atoms with E-state index in [9.17, 15) is 10.0 Å². The lowest BCUT2D eigenvalue weighted by molar-refractivity contribution is -0.155. The van der Waals surface area contributed by atoms with Gasteiger partial charge in [0.1, 0.15) is 5.60 Å². The van der Waals surface area contributed by atoms with Crippen LogP contribution in [-0.2, 0) is 4.74 Å². The minimum absolute atomic E-state index is 0.297. The van der Waals surface area contributed by atoms with Gasteiger partial charge >= 0.3 is 6.09 Å². The Balaban J connectivity index is 1.86. The zero-order chi connectivity index (χ0) is 17.5. The van der Waals surface area contributed by atoms with Gasteiger partial charge in [-0.15, -0.1) is 0 Å². The van der Waals surface area contributed by atoms with Crippen LogP contribution in [0, 0.1) is 0 Å². The zero-order valence-corrected chi connectivity index (χ0v) is 15.6. The summed E-state index contributed by atoms with van der Waals surface area (Å²) in [4.78, 5) is 17.2. The summed E-state index contributed by atoms with van der Waals surface area (Å²) in [6.07, 6.45) is 1.55. The number of amides is 1. The lowest BCUT2D eigenvalue weighted by Gasteiger charge is -2.38. The molecule has 0 aliphatic carbocycles. The van der Waals surface area contributed by atoms with Gasteiger partial charge in [0, 0.05) is 41.2 Å². The third-order valence-electron chi connectivity index (χ3n) is 4.04. The Labute approximate surface area is 149 Å². The number of hydrogen-bond acceptors (Lipinski definition) is 4. The van der Waals surface area contributed by atoms with E-state index in [4.69, 9.17) is 4.74 Å². The van der Waals surface area contributed by atoms with Crippen LogP contribution in [0.4, 0.5) is 4.79 Å². The first-order valence-corrected chi connectivity index (χ1v) is 8.74. The van der Waals surface area contributed by atoms with Gasteiger partial charge in [0.05, 0.1) is 6.04 Å². The molecule has 6 nitrogen and oxygen atoms in total. The van der Waals surface area contributed by atoms with Crippen molar-refractivity contribution in [2.45, 2.75) is 32.4 Å². The molecule has 3 rings (SSSR count). The molecule has 1 atom stereocenters. The van der Waals surface area contributed by atoms with Crippen LogP contribution in [0.1, 0.15) is 32.4 Å². The molecule has 7 heteroatoms. The standard InChI is InChI=1S/C17H22BrN3O3/c1-17(2,3)24-16(22)20-6-7-21(23)15(10-20)13-9-19-14-5-4-11(18)8-12(13)14/h4-5,8-9,15,19,23H,6-7,10H2,1-3H3. The summed E-state index contributed by atoms with van der Waals surface area (Å²) in [5, 5.41) is 12.7. The van der Waals surface area contributed by atoms with E-state index in [0.717, 1.165) is 20.9 Å². The summed E-state index contributed by atoms with van der Waals surface area (Å²) in [5.41, 5.74) is 1.42. The maximum Gasteiger partial charge on any atom is 0.410 e. The fourth-order valence-electron chi connectivity index (χ4n) is 2.91. The number of piperazine rings is 1. The number of carbonyl (C=O) groups is 1. The van der Waals surface area contributed by atoms with Gasteiger partial charge in [0.2, 0.25) is 0 Å². The Bertz CT molecular complexity index is 753. The van der Waals surface area contributed by atoms with Gasteiger partial charge in [-0.3, -0.25) is 0 Å². The van der Waals surface area contributed by atoms with Gasteiger partial charge in [0.15, 0.2) is 0 Å². The number of aromatic amines is 1. The van der Waals surface area contributed by atoms with Crippen LogP contribution in [-0.4, -0.2) is 51.5 Å². The summed E-state index contributed by atoms with van der Waals surface area (Å²) in [5.74, 6) is 0. The lowest BCUT2D eigenvalue weighted by Crippen LogP contribution is -2.50. The van der Waals surface area contributed by atoms with E-state index < -0.39 is 5.60 Å². The van der Waals surface area contributed by atoms with Crippen molar-refractivity contribution in [1.29, 1.82) is 0 Å². The van der Waals surface area contributed by atoms with Gasteiger partial charge in [-0.25, -0.2) is 4.79 Å². The molecule has 0 radical (unpaired) electrons. The molecule has 0 bridgehead atoms. The second-order valence-corrected chi connectivity index (χ2v) is 7.95. The van der Waals surface area contributed by atoms with E-state index >= 15 is 0 Å². The average molecular weight is 396 g/mol. The minimum atomic E-state index is -0.533. The van der Waals surface area contributed by atoms with Crippen LogP contribution in [0.2, 0.25) is 0 Å². The largest absolute Gasteiger partial charge is 0.444 e. The molecule has 1 aromatic carbocycles. The molecule has 2 N–H and O–H groups in total. The number of rotatable bonds is 1. The Morgan fingerprint density at radius 1 is 1.38 bits per heavy atom. The summed E-state index contributed by atoms with van der Waals surface area (Å²) < 4.78 is 6.43. The highest BCUT2D eigenvalue weighted by molar-refractivity contribution is 9.10. The smallest absolute Gasteiger partial charge is 0.410 e. The van der Waals surface area contributed by atoms with Gasteiger partial charge < -0.3 is 19.8 Å². The number of hydrogen-bond donors (Lipinski definition) is 2. The molecule has 0 saturated carbocycles. The zero-order valence-electron chi connectivity index (χ0n) is 14.0. The number of aromatic nitrogens is 1. The maximum absolute atomic E-state index is 12.3. The fourth-order valence-corrected chi connectivity index (χ4v) is 3.28. The second-order valence-electron chi connectivity index (χ2n) is 7.04. The summed E-state index contributed by atoms with van der Waals surface area (Å²) in [6.45, 7) is 6.75. The van der Waals surface area contributed by atoms with Gasteiger partial charge in [-0.1, -0.05) is 15.9 Å². The maximum atomic E-state index is 12.3. The molecule has 1 amide bonds. The third kappa shape index (κ3) is 3.58. The first-order valence-electron chi connectivity index (χ1n) is 7.94. The first kappa shape index (κ1) is 17.3. The molecule has 1 aromatic heterocycles. The van der Waals surface area contributed by atoms with Crippen LogP contribution in [0.25, 0.3) is 10.9 Å². The van der Waals surface area contributed by atoms with Crippen molar-refractivity contribution in [3.8, 4) is 0 Å². The van der Waals surface area contributed by atoms with Gasteiger partial charge in [-0.2, -0.15) is 5.06 Å². The van der Waals surface area contributed by atoms with Crippen LogP contribution in [0.15, 0.2) is 28.9 Å². The molecule has 1 saturated heterocycles. The van der Waals surface area contributed by atoms with Crippen LogP contribution in [0.3, 0.4) is 0 Å². The van der Waals surface area contributed by atoms with Crippen LogP contribution >= 0.6 is 15.9 Å². The molecule has 1 aliphatic rings. The Hall–Kier alpha value is -1.57. The van der Waals surface area contributed by atoms with E-state index in [-0.39, 0.29) is 12.1 Å². The monoisotopic (exact) mass is 395 g/mol. The average Bonchev–Trinajstić information content (AvgIpc) is 2.88. The number of ether oxygens (including phenoxy) is 1. The fraction of sp³-hybridized carbons (Fsp3) is 0.471. The molecule has 2 aromatic rings. The highest BCUT2D eigenvalue weighted by Crippen LogP contribution is 2.32. The highest BCUT2D eigenvalue weighted by Gasteiger charge is 2.33. The van der Waals surface area contributed by atoms with Crippen molar-refractivity contribution >= 4 is 32.9 Å². The van der Waals surface area contributed by atoms with E-state index in [2.05, 4.69) is 20.9 Å². The van der Waals surface area contributed by atoms with Crippen molar-refractivity contribution in [3.63, 3.8) is 0 Å². The highest BCUT2D eigenvalue weighted by atomic mass is 79.9. The van der Waals surface area contributed by atoms with Crippen molar-refractivity contribution in [2.75, 3.05) is 19.6 Å². The number of nitrogens with one attached hydrogen (secondary N) is 1. The quantitative estimate of drug-likeness (QED) is 0.767. The number of fused-ring (bicyclic) bond motifs is 1. The number of carbonyl (C=O) groups excluding carboxylic acids is 1. The van der Waals surface area contributed by atoms with E-state index in [1.54, 1.807) is 4.90 Å². The third-order valence-corrected chi connectivity index (χ3v) is 4.53.